The largest absolute Gasteiger partial charge is 0.324 e. The van der Waals surface area contributed by atoms with Crippen LogP contribution < -0.4 is 5.73 Å². The zero-order chi connectivity index (χ0) is 8.32. The molecule has 1 aliphatic carbocycles. The van der Waals surface area contributed by atoms with Gasteiger partial charge in [0.2, 0.25) is 0 Å². The van der Waals surface area contributed by atoms with E-state index in [1.165, 1.54) is 0 Å². The van der Waals surface area contributed by atoms with E-state index in [1.807, 2.05) is 0 Å². The summed E-state index contributed by atoms with van der Waals surface area (Å²) in [6, 6.07) is 0. The SMILES string of the molecule is C=CCC1(N)CCCC(=O)C1. The van der Waals surface area contributed by atoms with E-state index in [2.05, 4.69) is 6.58 Å². The lowest BCUT2D eigenvalue weighted by molar-refractivity contribution is -0.121. The van der Waals surface area contributed by atoms with Gasteiger partial charge in [-0.15, -0.1) is 6.58 Å². The highest BCUT2D eigenvalue weighted by Gasteiger charge is 2.30. The number of Topliss-reactive ketones (excluding diaryl/α,β-unsaturated/α-hetero) is 1. The Bertz CT molecular complexity index is 176. The lowest BCUT2D eigenvalue weighted by atomic mass is 9.80. The molecule has 1 saturated carbocycles. The van der Waals surface area contributed by atoms with Crippen LogP contribution in [0.4, 0.5) is 0 Å². The summed E-state index contributed by atoms with van der Waals surface area (Å²) in [5.41, 5.74) is 5.70. The molecule has 0 aliphatic heterocycles. The van der Waals surface area contributed by atoms with Crippen LogP contribution >= 0.6 is 0 Å². The van der Waals surface area contributed by atoms with Gasteiger partial charge in [-0.1, -0.05) is 6.08 Å². The van der Waals surface area contributed by atoms with Crippen molar-refractivity contribution < 1.29 is 4.79 Å². The Morgan fingerprint density at radius 2 is 2.45 bits per heavy atom. The van der Waals surface area contributed by atoms with Crippen molar-refractivity contribution in [3.05, 3.63) is 12.7 Å². The van der Waals surface area contributed by atoms with Crippen LogP contribution in [0.3, 0.4) is 0 Å². The summed E-state index contributed by atoms with van der Waals surface area (Å²) in [6.45, 7) is 3.63. The number of hydrogen-bond acceptors (Lipinski definition) is 2. The van der Waals surface area contributed by atoms with Gasteiger partial charge < -0.3 is 5.73 Å². The van der Waals surface area contributed by atoms with E-state index in [9.17, 15) is 4.79 Å². The Hall–Kier alpha value is -0.630. The van der Waals surface area contributed by atoms with Gasteiger partial charge in [0, 0.05) is 18.4 Å². The molecule has 0 aromatic heterocycles. The Morgan fingerprint density at radius 1 is 1.73 bits per heavy atom. The molecule has 2 heteroatoms. The third kappa shape index (κ3) is 2.15. The number of carbonyl (C=O) groups excluding carboxylic acids is 1. The zero-order valence-electron chi connectivity index (χ0n) is 6.81. The minimum atomic E-state index is -0.267. The fourth-order valence-corrected chi connectivity index (χ4v) is 1.67. The van der Waals surface area contributed by atoms with Crippen molar-refractivity contribution in [2.24, 2.45) is 5.73 Å². The third-order valence-electron chi connectivity index (χ3n) is 2.23. The molecule has 0 aromatic carbocycles. The molecule has 2 N–H and O–H groups in total. The van der Waals surface area contributed by atoms with Gasteiger partial charge in [-0.2, -0.15) is 0 Å². The summed E-state index contributed by atoms with van der Waals surface area (Å²) in [6.07, 6.45) is 5.74. The molecule has 0 spiro atoms. The zero-order valence-corrected chi connectivity index (χ0v) is 6.81. The predicted octanol–water partition coefficient (Wildman–Crippen LogP) is 1.40. The summed E-state index contributed by atoms with van der Waals surface area (Å²) in [5.74, 6) is 0.306. The van der Waals surface area contributed by atoms with E-state index in [1.54, 1.807) is 6.08 Å². The van der Waals surface area contributed by atoms with Crippen LogP contribution in [0.5, 0.6) is 0 Å². The van der Waals surface area contributed by atoms with E-state index < -0.39 is 0 Å². The topological polar surface area (TPSA) is 43.1 Å². The second-order valence-corrected chi connectivity index (χ2v) is 3.42. The Labute approximate surface area is 67.5 Å². The van der Waals surface area contributed by atoms with E-state index in [0.717, 1.165) is 25.7 Å². The highest BCUT2D eigenvalue weighted by Crippen LogP contribution is 2.26. The van der Waals surface area contributed by atoms with Gasteiger partial charge in [0.15, 0.2) is 0 Å². The van der Waals surface area contributed by atoms with Crippen molar-refractivity contribution in [2.45, 2.75) is 37.6 Å². The smallest absolute Gasteiger partial charge is 0.134 e. The van der Waals surface area contributed by atoms with Gasteiger partial charge in [-0.25, -0.2) is 0 Å². The fraction of sp³-hybridized carbons (Fsp3) is 0.667. The molecular formula is C9H15NO. The number of nitrogens with two attached hydrogens (primary N) is 1. The minimum absolute atomic E-state index is 0.267. The molecule has 2 nitrogen and oxygen atoms in total. The molecule has 0 radical (unpaired) electrons. The van der Waals surface area contributed by atoms with Crippen LogP contribution in [0.2, 0.25) is 0 Å². The molecule has 0 saturated heterocycles. The maximum absolute atomic E-state index is 11.0. The van der Waals surface area contributed by atoms with Gasteiger partial charge in [0.1, 0.15) is 5.78 Å². The van der Waals surface area contributed by atoms with Crippen LogP contribution in [-0.2, 0) is 4.79 Å². The van der Waals surface area contributed by atoms with Crippen molar-refractivity contribution in [1.29, 1.82) is 0 Å². The molecule has 0 heterocycles. The first-order chi connectivity index (χ1) is 5.16. The Morgan fingerprint density at radius 3 is 3.00 bits per heavy atom. The molecule has 62 valence electrons. The first-order valence-electron chi connectivity index (χ1n) is 4.08. The van der Waals surface area contributed by atoms with Crippen LogP contribution in [-0.4, -0.2) is 11.3 Å². The molecule has 1 fully saturated rings. The molecule has 0 amide bonds. The molecule has 0 aromatic rings. The van der Waals surface area contributed by atoms with Crippen molar-refractivity contribution in [2.75, 3.05) is 0 Å². The van der Waals surface area contributed by atoms with Crippen molar-refractivity contribution in [3.63, 3.8) is 0 Å². The van der Waals surface area contributed by atoms with Crippen molar-refractivity contribution >= 4 is 5.78 Å². The average molecular weight is 153 g/mol. The monoisotopic (exact) mass is 153 g/mol. The minimum Gasteiger partial charge on any atom is -0.324 e. The first kappa shape index (κ1) is 8.47. The van der Waals surface area contributed by atoms with Crippen LogP contribution in [0.1, 0.15) is 32.1 Å². The molecule has 1 unspecified atom stereocenters. The lowest BCUT2D eigenvalue weighted by Crippen LogP contribution is -2.43. The maximum Gasteiger partial charge on any atom is 0.134 e. The van der Waals surface area contributed by atoms with Crippen molar-refractivity contribution in [1.82, 2.24) is 0 Å². The highest BCUT2D eigenvalue weighted by atomic mass is 16.1. The highest BCUT2D eigenvalue weighted by molar-refractivity contribution is 5.80. The summed E-state index contributed by atoms with van der Waals surface area (Å²) in [7, 11) is 0. The normalized spacial score (nSPS) is 31.9. The molecule has 1 aliphatic rings. The van der Waals surface area contributed by atoms with E-state index in [0.29, 0.717) is 12.2 Å². The van der Waals surface area contributed by atoms with E-state index >= 15 is 0 Å². The second kappa shape index (κ2) is 3.18. The maximum atomic E-state index is 11.0. The van der Waals surface area contributed by atoms with Gasteiger partial charge in [0.05, 0.1) is 0 Å². The first-order valence-corrected chi connectivity index (χ1v) is 4.08. The molecule has 1 rings (SSSR count). The number of carbonyl (C=O) groups is 1. The van der Waals surface area contributed by atoms with Crippen LogP contribution in [0.15, 0.2) is 12.7 Å². The van der Waals surface area contributed by atoms with E-state index in [-0.39, 0.29) is 5.54 Å². The number of ketones is 1. The van der Waals surface area contributed by atoms with Crippen LogP contribution in [0, 0.1) is 0 Å². The number of hydrogen-bond donors (Lipinski definition) is 1. The third-order valence-corrected chi connectivity index (χ3v) is 2.23. The summed E-state index contributed by atoms with van der Waals surface area (Å²) >= 11 is 0. The summed E-state index contributed by atoms with van der Waals surface area (Å²) in [4.78, 5) is 11.0. The molecule has 0 bridgehead atoms. The molecular weight excluding hydrogens is 138 g/mol. The second-order valence-electron chi connectivity index (χ2n) is 3.42. The Kier molecular flexibility index (Phi) is 2.45. The lowest BCUT2D eigenvalue weighted by Gasteiger charge is -2.31. The van der Waals surface area contributed by atoms with Crippen LogP contribution in [0.25, 0.3) is 0 Å². The van der Waals surface area contributed by atoms with Gasteiger partial charge in [-0.05, 0) is 19.3 Å². The van der Waals surface area contributed by atoms with Crippen molar-refractivity contribution in [3.8, 4) is 0 Å². The predicted molar refractivity (Wildman–Crippen MR) is 45.2 cm³/mol. The molecule has 1 atom stereocenters. The fourth-order valence-electron chi connectivity index (χ4n) is 1.67. The van der Waals surface area contributed by atoms with Gasteiger partial charge in [-0.3, -0.25) is 4.79 Å². The summed E-state index contributed by atoms with van der Waals surface area (Å²) < 4.78 is 0. The van der Waals surface area contributed by atoms with Gasteiger partial charge in [0.25, 0.3) is 0 Å². The standard InChI is InChI=1S/C9H15NO/c1-2-5-9(10)6-3-4-8(11)7-9/h2H,1,3-7,10H2. The van der Waals surface area contributed by atoms with E-state index in [4.69, 9.17) is 5.73 Å². The quantitative estimate of drug-likeness (QED) is 0.609. The number of rotatable bonds is 2. The summed E-state index contributed by atoms with van der Waals surface area (Å²) in [5, 5.41) is 0. The Balaban J connectivity index is 2.54. The average Bonchev–Trinajstić information content (AvgIpc) is 1.86. The molecule has 11 heavy (non-hydrogen) atoms. The van der Waals surface area contributed by atoms with Gasteiger partial charge >= 0.3 is 0 Å².